The Labute approximate surface area is 234 Å². The minimum atomic E-state index is -1.25. The van der Waals surface area contributed by atoms with Crippen molar-refractivity contribution in [3.05, 3.63) is 64.1 Å². The molecular formula is C26H29Cl2N3O8. The fourth-order valence-corrected chi connectivity index (χ4v) is 5.83. The normalized spacial score (nSPS) is 33.3. The SMILES string of the molecule is CN1C(O)CCC(N2C(=O)C3C=CC(OCCN4C(O)C=C(Oc5cc(Cl)cc(Cl)c5)C4O)=CC3C2=O)C1O. The van der Waals surface area contributed by atoms with Crippen LogP contribution < -0.4 is 4.74 Å². The van der Waals surface area contributed by atoms with Crippen LogP contribution in [0.15, 0.2) is 54.0 Å². The third-order valence-electron chi connectivity index (χ3n) is 7.44. The Morgan fingerprint density at radius 1 is 0.974 bits per heavy atom. The van der Waals surface area contributed by atoms with Crippen molar-refractivity contribution in [3.63, 3.8) is 0 Å². The second kappa shape index (κ2) is 11.2. The molecule has 3 aliphatic heterocycles. The van der Waals surface area contributed by atoms with Gasteiger partial charge in [0.2, 0.25) is 11.8 Å². The van der Waals surface area contributed by atoms with Gasteiger partial charge in [0.25, 0.3) is 0 Å². The number of halogens is 2. The highest BCUT2D eigenvalue weighted by Gasteiger charge is 2.52. The fraction of sp³-hybridized carbons (Fsp3) is 0.462. The predicted molar refractivity (Wildman–Crippen MR) is 139 cm³/mol. The summed E-state index contributed by atoms with van der Waals surface area (Å²) in [5, 5.41) is 42.3. The number of rotatable bonds is 7. The first-order valence-corrected chi connectivity index (χ1v) is 13.3. The van der Waals surface area contributed by atoms with Crippen molar-refractivity contribution in [2.45, 2.75) is 43.8 Å². The summed E-state index contributed by atoms with van der Waals surface area (Å²) in [7, 11) is 1.54. The zero-order valence-corrected chi connectivity index (χ0v) is 22.4. The molecule has 0 bridgehead atoms. The third-order valence-corrected chi connectivity index (χ3v) is 7.88. The number of carbonyl (C=O) groups excluding carboxylic acids is 2. The first-order chi connectivity index (χ1) is 18.5. The number of carbonyl (C=O) groups is 2. The number of hydrogen-bond donors (Lipinski definition) is 4. The molecule has 39 heavy (non-hydrogen) atoms. The summed E-state index contributed by atoms with van der Waals surface area (Å²) in [6.07, 6.45) is 2.39. The Balaban J connectivity index is 1.17. The molecule has 5 rings (SSSR count). The summed E-state index contributed by atoms with van der Waals surface area (Å²) in [6, 6.07) is 3.85. The minimum Gasteiger partial charge on any atom is -0.493 e. The Kier molecular flexibility index (Phi) is 8.05. The number of likely N-dealkylation sites (N-methyl/N-ethyl adjacent to an activating group) is 1. The Morgan fingerprint density at radius 3 is 2.38 bits per heavy atom. The Bertz CT molecular complexity index is 1220. The standard InChI is InChI=1S/C26H29Cl2N3O8/c1-29-21(32)5-4-19(25(29)36)31-23(34)17-3-2-15(11-18(17)24(31)35)38-7-6-30-22(33)12-20(26(30)37)39-16-9-13(27)8-14(28)10-16/h2-3,8-12,17-19,21-22,25-26,32-33,36-37H,4-7H2,1H3. The number of benzene rings is 1. The molecular weight excluding hydrogens is 553 g/mol. The molecule has 2 saturated heterocycles. The van der Waals surface area contributed by atoms with Crippen molar-refractivity contribution in [2.75, 3.05) is 20.2 Å². The maximum absolute atomic E-state index is 13.2. The molecule has 2 amide bonds. The largest absolute Gasteiger partial charge is 0.493 e. The van der Waals surface area contributed by atoms with Crippen LogP contribution in [-0.4, -0.2) is 98.1 Å². The molecule has 0 aromatic heterocycles. The summed E-state index contributed by atoms with van der Waals surface area (Å²) in [6.45, 7) is 0.171. The van der Waals surface area contributed by atoms with Crippen molar-refractivity contribution in [3.8, 4) is 5.75 Å². The van der Waals surface area contributed by atoms with Gasteiger partial charge in [-0.25, -0.2) is 4.90 Å². The van der Waals surface area contributed by atoms with Crippen LogP contribution in [0.5, 0.6) is 5.75 Å². The number of aliphatic hydroxyl groups excluding tert-OH is 4. The van der Waals surface area contributed by atoms with Crippen molar-refractivity contribution >= 4 is 35.0 Å². The van der Waals surface area contributed by atoms with Crippen molar-refractivity contribution in [1.82, 2.24) is 14.7 Å². The molecule has 1 aliphatic carbocycles. The molecule has 4 N–H and O–H groups in total. The van der Waals surface area contributed by atoms with Crippen LogP contribution in [0.1, 0.15) is 12.8 Å². The van der Waals surface area contributed by atoms with E-state index < -0.39 is 54.6 Å². The lowest BCUT2D eigenvalue weighted by molar-refractivity contribution is -0.170. The highest BCUT2D eigenvalue weighted by Crippen LogP contribution is 2.37. The average molecular weight is 582 g/mol. The molecule has 11 nitrogen and oxygen atoms in total. The van der Waals surface area contributed by atoms with Gasteiger partial charge in [0.1, 0.15) is 42.6 Å². The molecule has 3 heterocycles. The highest BCUT2D eigenvalue weighted by molar-refractivity contribution is 6.34. The fourth-order valence-electron chi connectivity index (χ4n) is 5.32. The predicted octanol–water partition coefficient (Wildman–Crippen LogP) is 1.01. The van der Waals surface area contributed by atoms with Crippen molar-refractivity contribution in [1.29, 1.82) is 0 Å². The van der Waals surface area contributed by atoms with Crippen LogP contribution in [0, 0.1) is 11.8 Å². The molecule has 210 valence electrons. The van der Waals surface area contributed by atoms with E-state index in [-0.39, 0.29) is 18.9 Å². The summed E-state index contributed by atoms with van der Waals surface area (Å²) < 4.78 is 11.5. The molecule has 7 atom stereocenters. The van der Waals surface area contributed by atoms with Crippen LogP contribution in [0.3, 0.4) is 0 Å². The second-order valence-corrected chi connectivity index (χ2v) is 10.8. The lowest BCUT2D eigenvalue weighted by Gasteiger charge is -2.42. The van der Waals surface area contributed by atoms with E-state index in [0.29, 0.717) is 34.4 Å². The van der Waals surface area contributed by atoms with Crippen LogP contribution >= 0.6 is 23.2 Å². The van der Waals surface area contributed by atoms with Crippen LogP contribution in [0.4, 0.5) is 0 Å². The van der Waals surface area contributed by atoms with Gasteiger partial charge < -0.3 is 29.9 Å². The molecule has 0 radical (unpaired) electrons. The number of amides is 2. The molecule has 0 saturated carbocycles. The monoisotopic (exact) mass is 581 g/mol. The van der Waals surface area contributed by atoms with Gasteiger partial charge in [0, 0.05) is 22.7 Å². The van der Waals surface area contributed by atoms with Gasteiger partial charge in [-0.15, -0.1) is 0 Å². The average Bonchev–Trinajstić information content (AvgIpc) is 3.28. The smallest absolute Gasteiger partial charge is 0.237 e. The van der Waals surface area contributed by atoms with E-state index in [4.69, 9.17) is 32.7 Å². The van der Waals surface area contributed by atoms with Crippen LogP contribution in [0.2, 0.25) is 10.0 Å². The van der Waals surface area contributed by atoms with E-state index in [1.54, 1.807) is 24.3 Å². The molecule has 1 aromatic rings. The Hall–Kier alpha value is -2.48. The number of piperidine rings is 1. The Morgan fingerprint density at radius 2 is 1.67 bits per heavy atom. The molecule has 1 aromatic carbocycles. The van der Waals surface area contributed by atoms with Gasteiger partial charge in [-0.1, -0.05) is 29.3 Å². The maximum atomic E-state index is 13.2. The van der Waals surface area contributed by atoms with Gasteiger partial charge in [-0.2, -0.15) is 0 Å². The van der Waals surface area contributed by atoms with Gasteiger partial charge in [0.15, 0.2) is 6.23 Å². The first kappa shape index (κ1) is 28.1. The van der Waals surface area contributed by atoms with Gasteiger partial charge in [0.05, 0.1) is 17.9 Å². The number of aliphatic hydroxyl groups is 4. The first-order valence-electron chi connectivity index (χ1n) is 12.5. The summed E-state index contributed by atoms with van der Waals surface area (Å²) in [5.74, 6) is -1.49. The van der Waals surface area contributed by atoms with Gasteiger partial charge in [-0.3, -0.25) is 19.4 Å². The number of hydrogen-bond acceptors (Lipinski definition) is 10. The molecule has 2 fully saturated rings. The van der Waals surface area contributed by atoms with Gasteiger partial charge in [-0.05, 0) is 50.2 Å². The van der Waals surface area contributed by atoms with E-state index in [1.165, 1.54) is 35.1 Å². The summed E-state index contributed by atoms with van der Waals surface area (Å²) in [4.78, 5) is 30.0. The summed E-state index contributed by atoms with van der Waals surface area (Å²) in [5.41, 5.74) is 0. The number of likely N-dealkylation sites (tertiary alicyclic amines) is 2. The van der Waals surface area contributed by atoms with Crippen LogP contribution in [0.25, 0.3) is 0 Å². The highest BCUT2D eigenvalue weighted by atomic mass is 35.5. The summed E-state index contributed by atoms with van der Waals surface area (Å²) >= 11 is 12.0. The zero-order valence-electron chi connectivity index (χ0n) is 20.9. The van der Waals surface area contributed by atoms with E-state index in [0.717, 1.165) is 4.90 Å². The van der Waals surface area contributed by atoms with Crippen LogP contribution in [-0.2, 0) is 14.3 Å². The molecule has 13 heteroatoms. The lowest BCUT2D eigenvalue weighted by atomic mass is 9.90. The number of fused-ring (bicyclic) bond motifs is 1. The lowest BCUT2D eigenvalue weighted by Crippen LogP contribution is -2.58. The quantitative estimate of drug-likeness (QED) is 0.344. The minimum absolute atomic E-state index is 0.0572. The number of imide groups is 1. The van der Waals surface area contributed by atoms with E-state index in [9.17, 15) is 30.0 Å². The van der Waals surface area contributed by atoms with Crippen molar-refractivity contribution < 1.29 is 39.5 Å². The van der Waals surface area contributed by atoms with E-state index in [1.807, 2.05) is 0 Å². The number of ether oxygens (including phenoxy) is 2. The zero-order chi connectivity index (χ0) is 28.0. The topological polar surface area (TPSA) is 143 Å². The molecule has 4 aliphatic rings. The van der Waals surface area contributed by atoms with E-state index >= 15 is 0 Å². The third kappa shape index (κ3) is 5.46. The maximum Gasteiger partial charge on any atom is 0.237 e. The molecule has 7 unspecified atom stereocenters. The van der Waals surface area contributed by atoms with Gasteiger partial charge >= 0.3 is 0 Å². The van der Waals surface area contributed by atoms with Crippen molar-refractivity contribution in [2.24, 2.45) is 11.8 Å². The second-order valence-electron chi connectivity index (χ2n) is 9.88. The number of allylic oxidation sites excluding steroid dienone is 1. The van der Waals surface area contributed by atoms with E-state index in [2.05, 4.69) is 0 Å². The molecule has 0 spiro atoms. The number of nitrogens with zero attached hydrogens (tertiary/aromatic N) is 3.